The number of rotatable bonds is 4. The molecule has 2 heteroatoms. The van der Waals surface area contributed by atoms with Crippen LogP contribution < -0.4 is 5.32 Å². The standard InChI is InChI=1S/C11H23NO/c1-12-11(8-9-13)10-6-4-2-3-5-7-10/h10-13H,2-9H2,1H3. The van der Waals surface area contributed by atoms with E-state index in [1.165, 1.54) is 38.5 Å². The van der Waals surface area contributed by atoms with Crippen molar-refractivity contribution in [3.05, 3.63) is 0 Å². The fourth-order valence-electron chi connectivity index (χ4n) is 2.47. The highest BCUT2D eigenvalue weighted by molar-refractivity contribution is 4.76. The van der Waals surface area contributed by atoms with Crippen LogP contribution in [0, 0.1) is 5.92 Å². The zero-order chi connectivity index (χ0) is 9.52. The van der Waals surface area contributed by atoms with E-state index in [9.17, 15) is 0 Å². The molecule has 1 fully saturated rings. The first kappa shape index (κ1) is 11.0. The lowest BCUT2D eigenvalue weighted by atomic mass is 9.90. The lowest BCUT2D eigenvalue weighted by Gasteiger charge is -2.25. The molecular formula is C11H23NO. The molecule has 1 rings (SSSR count). The van der Waals surface area contributed by atoms with Crippen molar-refractivity contribution in [3.8, 4) is 0 Å². The maximum Gasteiger partial charge on any atom is 0.0445 e. The Labute approximate surface area is 81.7 Å². The molecule has 13 heavy (non-hydrogen) atoms. The summed E-state index contributed by atoms with van der Waals surface area (Å²) in [6.07, 6.45) is 9.21. The van der Waals surface area contributed by atoms with E-state index in [1.807, 2.05) is 7.05 Å². The monoisotopic (exact) mass is 185 g/mol. The maximum atomic E-state index is 8.93. The predicted molar refractivity (Wildman–Crippen MR) is 55.7 cm³/mol. The molecule has 0 aromatic heterocycles. The van der Waals surface area contributed by atoms with Crippen LogP contribution in [0.5, 0.6) is 0 Å². The predicted octanol–water partition coefficient (Wildman–Crippen LogP) is 1.93. The van der Waals surface area contributed by atoms with Gasteiger partial charge in [-0.05, 0) is 32.2 Å². The van der Waals surface area contributed by atoms with Crippen LogP contribution in [-0.2, 0) is 0 Å². The van der Waals surface area contributed by atoms with E-state index in [1.54, 1.807) is 0 Å². The second-order valence-corrected chi connectivity index (χ2v) is 4.16. The number of hydrogen-bond donors (Lipinski definition) is 2. The van der Waals surface area contributed by atoms with Gasteiger partial charge in [-0.15, -0.1) is 0 Å². The van der Waals surface area contributed by atoms with Gasteiger partial charge in [-0.1, -0.05) is 25.7 Å². The highest BCUT2D eigenvalue weighted by Crippen LogP contribution is 2.26. The molecule has 2 nitrogen and oxygen atoms in total. The van der Waals surface area contributed by atoms with Crippen LogP contribution in [0.3, 0.4) is 0 Å². The van der Waals surface area contributed by atoms with Crippen LogP contribution in [-0.4, -0.2) is 24.8 Å². The van der Waals surface area contributed by atoms with Gasteiger partial charge < -0.3 is 10.4 Å². The van der Waals surface area contributed by atoms with E-state index < -0.39 is 0 Å². The number of aliphatic hydroxyl groups is 1. The van der Waals surface area contributed by atoms with E-state index in [4.69, 9.17) is 5.11 Å². The first-order valence-corrected chi connectivity index (χ1v) is 5.66. The van der Waals surface area contributed by atoms with Crippen LogP contribution in [0.25, 0.3) is 0 Å². The summed E-state index contributed by atoms with van der Waals surface area (Å²) in [5, 5.41) is 12.3. The molecule has 1 saturated carbocycles. The number of aliphatic hydroxyl groups excluding tert-OH is 1. The Morgan fingerprint density at radius 1 is 1.23 bits per heavy atom. The minimum absolute atomic E-state index is 0.321. The van der Waals surface area contributed by atoms with Crippen LogP contribution in [0.4, 0.5) is 0 Å². The highest BCUT2D eigenvalue weighted by Gasteiger charge is 2.20. The normalized spacial score (nSPS) is 22.6. The van der Waals surface area contributed by atoms with Crippen molar-refractivity contribution in [1.29, 1.82) is 0 Å². The first-order chi connectivity index (χ1) is 6.38. The smallest absolute Gasteiger partial charge is 0.0445 e. The molecule has 0 radical (unpaired) electrons. The van der Waals surface area contributed by atoms with Gasteiger partial charge in [0.25, 0.3) is 0 Å². The van der Waals surface area contributed by atoms with Gasteiger partial charge in [0.1, 0.15) is 0 Å². The first-order valence-electron chi connectivity index (χ1n) is 5.66. The van der Waals surface area contributed by atoms with Crippen molar-refractivity contribution in [3.63, 3.8) is 0 Å². The summed E-state index contributed by atoms with van der Waals surface area (Å²) in [7, 11) is 2.02. The van der Waals surface area contributed by atoms with Gasteiger partial charge in [0.2, 0.25) is 0 Å². The van der Waals surface area contributed by atoms with Crippen LogP contribution in [0.15, 0.2) is 0 Å². The van der Waals surface area contributed by atoms with Crippen LogP contribution in [0.1, 0.15) is 44.9 Å². The molecule has 0 amide bonds. The van der Waals surface area contributed by atoms with Gasteiger partial charge >= 0.3 is 0 Å². The Morgan fingerprint density at radius 2 is 1.85 bits per heavy atom. The molecule has 0 aromatic rings. The van der Waals surface area contributed by atoms with Crippen molar-refractivity contribution in [2.75, 3.05) is 13.7 Å². The third kappa shape index (κ3) is 3.65. The molecule has 0 aliphatic heterocycles. The van der Waals surface area contributed by atoms with E-state index in [2.05, 4.69) is 5.32 Å². The van der Waals surface area contributed by atoms with Gasteiger partial charge in [-0.2, -0.15) is 0 Å². The SMILES string of the molecule is CNC(CCO)C1CCCCCC1. The van der Waals surface area contributed by atoms with Gasteiger partial charge in [0.15, 0.2) is 0 Å². The second kappa shape index (κ2) is 6.39. The van der Waals surface area contributed by atoms with Crippen LogP contribution >= 0.6 is 0 Å². The molecule has 0 saturated heterocycles. The van der Waals surface area contributed by atoms with Crippen molar-refractivity contribution in [1.82, 2.24) is 5.32 Å². The molecule has 1 aliphatic rings. The minimum Gasteiger partial charge on any atom is -0.396 e. The zero-order valence-electron chi connectivity index (χ0n) is 8.76. The fraction of sp³-hybridized carbons (Fsp3) is 1.00. The Kier molecular flexibility index (Phi) is 5.40. The summed E-state index contributed by atoms with van der Waals surface area (Å²) >= 11 is 0. The molecule has 78 valence electrons. The van der Waals surface area contributed by atoms with Crippen LogP contribution in [0.2, 0.25) is 0 Å². The Bertz CT molecular complexity index is 119. The maximum absolute atomic E-state index is 8.93. The Hall–Kier alpha value is -0.0800. The van der Waals surface area contributed by atoms with Gasteiger partial charge in [0.05, 0.1) is 0 Å². The van der Waals surface area contributed by atoms with E-state index in [0.29, 0.717) is 12.6 Å². The van der Waals surface area contributed by atoms with E-state index in [-0.39, 0.29) is 0 Å². The Morgan fingerprint density at radius 3 is 2.31 bits per heavy atom. The molecular weight excluding hydrogens is 162 g/mol. The third-order valence-corrected chi connectivity index (χ3v) is 3.28. The van der Waals surface area contributed by atoms with Crippen molar-refractivity contribution < 1.29 is 5.11 Å². The van der Waals surface area contributed by atoms with E-state index >= 15 is 0 Å². The largest absolute Gasteiger partial charge is 0.396 e. The van der Waals surface area contributed by atoms with Crippen molar-refractivity contribution >= 4 is 0 Å². The zero-order valence-corrected chi connectivity index (χ0v) is 8.76. The summed E-state index contributed by atoms with van der Waals surface area (Å²) in [6, 6.07) is 0.545. The quantitative estimate of drug-likeness (QED) is 0.656. The average molecular weight is 185 g/mol. The summed E-state index contributed by atoms with van der Waals surface area (Å²) in [5.74, 6) is 0.805. The van der Waals surface area contributed by atoms with Gasteiger partial charge in [-0.3, -0.25) is 0 Å². The second-order valence-electron chi connectivity index (χ2n) is 4.16. The molecule has 0 aromatic carbocycles. The molecule has 0 bridgehead atoms. The molecule has 1 unspecified atom stereocenters. The van der Waals surface area contributed by atoms with Gasteiger partial charge in [0, 0.05) is 12.6 Å². The molecule has 0 heterocycles. The van der Waals surface area contributed by atoms with Gasteiger partial charge in [-0.25, -0.2) is 0 Å². The fourth-order valence-corrected chi connectivity index (χ4v) is 2.47. The summed E-state index contributed by atoms with van der Waals surface area (Å²) in [5.41, 5.74) is 0. The molecule has 2 N–H and O–H groups in total. The number of hydrogen-bond acceptors (Lipinski definition) is 2. The van der Waals surface area contributed by atoms with Crippen molar-refractivity contribution in [2.24, 2.45) is 5.92 Å². The van der Waals surface area contributed by atoms with E-state index in [0.717, 1.165) is 12.3 Å². The molecule has 1 atom stereocenters. The Balaban J connectivity index is 2.35. The summed E-state index contributed by atoms with van der Waals surface area (Å²) in [6.45, 7) is 0.321. The minimum atomic E-state index is 0.321. The van der Waals surface area contributed by atoms with Crippen molar-refractivity contribution in [2.45, 2.75) is 51.0 Å². The molecule has 1 aliphatic carbocycles. The molecule has 0 spiro atoms. The topological polar surface area (TPSA) is 32.3 Å². The lowest BCUT2D eigenvalue weighted by Crippen LogP contribution is -2.34. The lowest BCUT2D eigenvalue weighted by molar-refractivity contribution is 0.230. The highest BCUT2D eigenvalue weighted by atomic mass is 16.3. The average Bonchev–Trinajstić information content (AvgIpc) is 2.42. The summed E-state index contributed by atoms with van der Waals surface area (Å²) < 4.78 is 0. The number of nitrogens with one attached hydrogen (secondary N) is 1. The third-order valence-electron chi connectivity index (χ3n) is 3.28. The summed E-state index contributed by atoms with van der Waals surface area (Å²) in [4.78, 5) is 0.